The maximum atomic E-state index is 5.62. The summed E-state index contributed by atoms with van der Waals surface area (Å²) in [6, 6.07) is 113. The van der Waals surface area contributed by atoms with Gasteiger partial charge in [-0.25, -0.2) is 0 Å². The maximum Gasteiger partial charge on any atom is 0.240 e. The summed E-state index contributed by atoms with van der Waals surface area (Å²) in [6.07, 6.45) is 0. The third-order valence-corrected chi connectivity index (χ3v) is 20.8. The molecule has 0 spiro atoms. The van der Waals surface area contributed by atoms with Gasteiger partial charge in [0.25, 0.3) is 0 Å². The fourth-order valence-corrected chi connectivity index (χ4v) is 17.3. The van der Waals surface area contributed by atoms with Crippen LogP contribution >= 0.6 is 0 Å². The number of nitrogens with zero attached hydrogens (tertiary/aromatic N) is 5. The fourth-order valence-electron chi connectivity index (χ4n) is 12.4. The molecule has 0 atom stereocenters. The molecular weight excluding hydrogens is 999 g/mol. The predicted molar refractivity (Wildman–Crippen MR) is 339 cm³/mol. The smallest absolute Gasteiger partial charge is 0.240 e. The number of benzene rings is 12. The van der Waals surface area contributed by atoms with Crippen molar-refractivity contribution in [1.82, 2.24) is 24.1 Å². The Hall–Kier alpha value is -10.5. The Labute approximate surface area is 471 Å². The first-order chi connectivity index (χ1) is 40.2. The highest BCUT2D eigenvalue weighted by molar-refractivity contribution is 7.20. The van der Waals surface area contributed by atoms with Crippen LogP contribution in [0.25, 0.3) is 111 Å². The van der Waals surface area contributed by atoms with E-state index in [0.717, 1.165) is 93.7 Å². The van der Waals surface area contributed by atoms with Gasteiger partial charge in [0.05, 0.1) is 22.1 Å². The Kier molecular flexibility index (Phi) is 11.8. The molecule has 5 nitrogen and oxygen atoms in total. The van der Waals surface area contributed by atoms with Crippen molar-refractivity contribution < 1.29 is 0 Å². The number of hydrogen-bond donors (Lipinski definition) is 0. The monoisotopic (exact) mass is 1050 g/mol. The van der Waals surface area contributed by atoms with Crippen LogP contribution < -0.4 is 20.7 Å². The van der Waals surface area contributed by atoms with Crippen LogP contribution in [0.2, 0.25) is 0 Å². The molecular formula is C75H51N5Si. The molecule has 0 amide bonds. The highest BCUT2D eigenvalue weighted by Gasteiger charge is 2.43. The number of aromatic nitrogens is 5. The minimum absolute atomic E-state index is 0.539. The van der Waals surface area contributed by atoms with Crippen LogP contribution in [0.4, 0.5) is 0 Å². The summed E-state index contributed by atoms with van der Waals surface area (Å²) in [5.74, 6) is 1.65. The van der Waals surface area contributed by atoms with Gasteiger partial charge >= 0.3 is 0 Å². The number of fused-ring (bicyclic) bond motifs is 6. The van der Waals surface area contributed by atoms with Crippen LogP contribution in [0, 0.1) is 0 Å². The van der Waals surface area contributed by atoms with Gasteiger partial charge in [-0.15, -0.1) is 0 Å². The van der Waals surface area contributed by atoms with Gasteiger partial charge < -0.3 is 0 Å². The van der Waals surface area contributed by atoms with Gasteiger partial charge in [-0.2, -0.15) is 15.0 Å². The van der Waals surface area contributed by atoms with Crippen LogP contribution in [0.3, 0.4) is 0 Å². The topological polar surface area (TPSA) is 48.5 Å². The van der Waals surface area contributed by atoms with E-state index in [4.69, 9.17) is 15.0 Å². The van der Waals surface area contributed by atoms with Gasteiger partial charge in [0, 0.05) is 27.1 Å². The molecule has 15 rings (SSSR count). The second-order valence-electron chi connectivity index (χ2n) is 20.8. The Morgan fingerprint density at radius 1 is 0.210 bits per heavy atom. The SMILES string of the molecule is c1ccc(-c2cc(-c3ccccc3)cc([Si](c3ccccc3)(c3cc(-c4ccccc4)cc(-c4ccccc4)c3)c3cccc(-c4nc(-n5c6ccccc6c6ccccc65)nc(-n5c6ccccc6c6ccccc65)n4)c3)c2)cc1. The zero-order valence-corrected chi connectivity index (χ0v) is 45.2. The van der Waals surface area contributed by atoms with E-state index in [1.807, 2.05) is 0 Å². The Balaban J connectivity index is 1.06. The zero-order chi connectivity index (χ0) is 53.7. The van der Waals surface area contributed by atoms with Crippen molar-refractivity contribution in [2.45, 2.75) is 0 Å². The van der Waals surface area contributed by atoms with Crippen molar-refractivity contribution in [2.75, 3.05) is 0 Å². The van der Waals surface area contributed by atoms with E-state index in [-0.39, 0.29) is 0 Å². The molecule has 3 aromatic heterocycles. The van der Waals surface area contributed by atoms with Crippen LogP contribution in [0.15, 0.2) is 309 Å². The first kappa shape index (κ1) is 47.7. The van der Waals surface area contributed by atoms with Gasteiger partial charge in [-0.3, -0.25) is 9.13 Å². The van der Waals surface area contributed by atoms with Crippen LogP contribution in [-0.4, -0.2) is 32.2 Å². The molecule has 12 aromatic carbocycles. The van der Waals surface area contributed by atoms with E-state index in [1.165, 1.54) is 20.7 Å². The Bertz CT molecular complexity index is 4320. The Morgan fingerprint density at radius 2 is 0.494 bits per heavy atom. The average Bonchev–Trinajstić information content (AvgIpc) is 4.16. The number of rotatable bonds is 11. The largest absolute Gasteiger partial charge is 0.278 e. The Morgan fingerprint density at radius 3 is 0.852 bits per heavy atom. The number of para-hydroxylation sites is 4. The molecule has 6 heteroatoms. The molecule has 0 aliphatic carbocycles. The lowest BCUT2D eigenvalue weighted by Gasteiger charge is -2.36. The first-order valence-electron chi connectivity index (χ1n) is 27.6. The molecule has 0 aliphatic heterocycles. The van der Waals surface area contributed by atoms with E-state index < -0.39 is 8.07 Å². The third-order valence-electron chi connectivity index (χ3n) is 16.1. The van der Waals surface area contributed by atoms with Crippen LogP contribution in [-0.2, 0) is 0 Å². The zero-order valence-electron chi connectivity index (χ0n) is 44.2. The molecule has 0 saturated heterocycles. The van der Waals surface area contributed by atoms with E-state index >= 15 is 0 Å². The summed E-state index contributed by atoms with van der Waals surface area (Å²) in [6.45, 7) is 0. The van der Waals surface area contributed by atoms with Crippen molar-refractivity contribution >= 4 is 72.4 Å². The van der Waals surface area contributed by atoms with E-state index in [2.05, 4.69) is 319 Å². The molecule has 380 valence electrons. The normalized spacial score (nSPS) is 11.7. The molecule has 3 heterocycles. The molecule has 0 bridgehead atoms. The summed E-state index contributed by atoms with van der Waals surface area (Å²) < 4.78 is 4.42. The summed E-state index contributed by atoms with van der Waals surface area (Å²) >= 11 is 0. The van der Waals surface area contributed by atoms with Crippen molar-refractivity contribution in [3.63, 3.8) is 0 Å². The number of hydrogen-bond acceptors (Lipinski definition) is 3. The second-order valence-corrected chi connectivity index (χ2v) is 24.6. The lowest BCUT2D eigenvalue weighted by molar-refractivity contribution is 0.893. The second kappa shape index (κ2) is 20.0. The summed E-state index contributed by atoms with van der Waals surface area (Å²) in [5, 5.41) is 9.48. The highest BCUT2D eigenvalue weighted by Crippen LogP contribution is 2.36. The minimum atomic E-state index is -3.48. The lowest BCUT2D eigenvalue weighted by atomic mass is 9.99. The van der Waals surface area contributed by atoms with Crippen molar-refractivity contribution in [3.8, 4) is 67.8 Å². The predicted octanol–water partition coefficient (Wildman–Crippen LogP) is 15.8. The van der Waals surface area contributed by atoms with Crippen LogP contribution in [0.1, 0.15) is 0 Å². The molecule has 0 N–H and O–H groups in total. The van der Waals surface area contributed by atoms with E-state index in [9.17, 15) is 0 Å². The lowest BCUT2D eigenvalue weighted by Crippen LogP contribution is -2.74. The fraction of sp³-hybridized carbons (Fsp3) is 0. The van der Waals surface area contributed by atoms with Crippen molar-refractivity contribution in [2.24, 2.45) is 0 Å². The minimum Gasteiger partial charge on any atom is -0.278 e. The third kappa shape index (κ3) is 8.28. The van der Waals surface area contributed by atoms with Gasteiger partial charge in [-0.1, -0.05) is 273 Å². The standard InChI is InChI=1S/C75H51N5Si/c1-6-25-52(26-7-1)57-45-58(53-27-8-2-9-28-53)49-63(48-57)81(61-34-14-5-15-35-61,64-50-59(54-29-10-3-11-30-54)46-60(51-64)55-31-12-4-13-32-55)62-36-24-33-56(47-62)73-76-74(79-69-41-20-16-37-65(69)66-38-17-21-42-70(66)79)78-75(77-73)80-71-43-22-18-39-67(71)68-40-19-23-44-72(68)80/h1-51H. The van der Waals surface area contributed by atoms with Gasteiger partial charge in [0.15, 0.2) is 13.9 Å². The maximum absolute atomic E-state index is 5.62. The van der Waals surface area contributed by atoms with Gasteiger partial charge in [0.1, 0.15) is 0 Å². The van der Waals surface area contributed by atoms with Gasteiger partial charge in [0.2, 0.25) is 11.9 Å². The molecule has 81 heavy (non-hydrogen) atoms. The summed E-state index contributed by atoms with van der Waals surface area (Å²) in [7, 11) is -3.48. The molecule has 0 unspecified atom stereocenters. The molecule has 0 aliphatic rings. The highest BCUT2D eigenvalue weighted by atomic mass is 28.3. The van der Waals surface area contributed by atoms with Crippen molar-refractivity contribution in [1.29, 1.82) is 0 Å². The average molecular weight is 1050 g/mol. The van der Waals surface area contributed by atoms with Crippen molar-refractivity contribution in [3.05, 3.63) is 309 Å². The molecule has 0 radical (unpaired) electrons. The molecule has 0 saturated carbocycles. The van der Waals surface area contributed by atoms with E-state index in [1.54, 1.807) is 0 Å². The summed E-state index contributed by atoms with van der Waals surface area (Å²) in [4.78, 5) is 16.8. The molecule has 0 fully saturated rings. The van der Waals surface area contributed by atoms with Gasteiger partial charge in [-0.05, 0) is 102 Å². The van der Waals surface area contributed by atoms with E-state index in [0.29, 0.717) is 17.7 Å². The molecule has 15 aromatic rings. The first-order valence-corrected chi connectivity index (χ1v) is 29.6. The van der Waals surface area contributed by atoms with Crippen LogP contribution in [0.5, 0.6) is 0 Å². The quantitative estimate of drug-likeness (QED) is 0.0958. The summed E-state index contributed by atoms with van der Waals surface area (Å²) in [5.41, 5.74) is 14.2.